The van der Waals surface area contributed by atoms with E-state index in [0.717, 1.165) is 30.6 Å². The molecule has 1 saturated heterocycles. The number of piperidine rings is 1. The maximum atomic E-state index is 12.5. The van der Waals surface area contributed by atoms with Crippen molar-refractivity contribution < 1.29 is 14.3 Å². The van der Waals surface area contributed by atoms with Crippen LogP contribution >= 0.6 is 0 Å². The lowest BCUT2D eigenvalue weighted by atomic mass is 10.1. The van der Waals surface area contributed by atoms with Crippen molar-refractivity contribution in [2.45, 2.75) is 39.2 Å². The van der Waals surface area contributed by atoms with Crippen molar-refractivity contribution >= 4 is 23.4 Å². The Balaban J connectivity index is 1.55. The predicted molar refractivity (Wildman–Crippen MR) is 113 cm³/mol. The van der Waals surface area contributed by atoms with Crippen LogP contribution in [0.4, 0.5) is 16.2 Å². The van der Waals surface area contributed by atoms with E-state index in [1.807, 2.05) is 37.3 Å². The Morgan fingerprint density at radius 1 is 1.10 bits per heavy atom. The van der Waals surface area contributed by atoms with Gasteiger partial charge in [-0.25, -0.2) is 4.79 Å². The minimum Gasteiger partial charge on any atom is -0.450 e. The zero-order chi connectivity index (χ0) is 20.6. The van der Waals surface area contributed by atoms with Crippen LogP contribution in [-0.4, -0.2) is 47.6 Å². The number of pyridine rings is 1. The highest BCUT2D eigenvalue weighted by atomic mass is 16.6. The third-order valence-corrected chi connectivity index (χ3v) is 5.00. The Bertz CT molecular complexity index is 830. The molecule has 0 atom stereocenters. The van der Waals surface area contributed by atoms with Gasteiger partial charge in [0.2, 0.25) is 0 Å². The molecule has 0 bridgehead atoms. The maximum absolute atomic E-state index is 12.5. The number of amides is 2. The van der Waals surface area contributed by atoms with Gasteiger partial charge in [-0.05, 0) is 56.0 Å². The van der Waals surface area contributed by atoms with Crippen LogP contribution in [0.5, 0.6) is 0 Å². The van der Waals surface area contributed by atoms with Gasteiger partial charge in [0.25, 0.3) is 5.91 Å². The molecule has 2 heterocycles. The summed E-state index contributed by atoms with van der Waals surface area (Å²) in [5.74, 6) is -0.241. The van der Waals surface area contributed by atoms with E-state index in [1.54, 1.807) is 17.2 Å². The van der Waals surface area contributed by atoms with Gasteiger partial charge in [0.05, 0.1) is 6.61 Å². The van der Waals surface area contributed by atoms with E-state index in [1.165, 1.54) is 5.56 Å². The molecule has 29 heavy (non-hydrogen) atoms. The van der Waals surface area contributed by atoms with Gasteiger partial charge in [0, 0.05) is 36.7 Å². The fourth-order valence-corrected chi connectivity index (χ4v) is 3.32. The number of carbonyl (C=O) groups is 2. The summed E-state index contributed by atoms with van der Waals surface area (Å²) in [6.45, 7) is 5.60. The SMILES string of the molecule is CCOC(=O)N1CCC(Nc2ccnc(C(=O)Nc3ccc(CC)cc3)c2)CC1. The lowest BCUT2D eigenvalue weighted by Crippen LogP contribution is -2.42. The Hall–Kier alpha value is -3.09. The van der Waals surface area contributed by atoms with E-state index in [-0.39, 0.29) is 18.0 Å². The molecule has 154 valence electrons. The van der Waals surface area contributed by atoms with Crippen molar-refractivity contribution in [2.75, 3.05) is 30.3 Å². The van der Waals surface area contributed by atoms with E-state index in [4.69, 9.17) is 4.74 Å². The van der Waals surface area contributed by atoms with E-state index in [0.29, 0.717) is 25.4 Å². The number of hydrogen-bond acceptors (Lipinski definition) is 5. The summed E-state index contributed by atoms with van der Waals surface area (Å²) < 4.78 is 5.05. The molecule has 7 heteroatoms. The summed E-state index contributed by atoms with van der Waals surface area (Å²) in [4.78, 5) is 30.3. The van der Waals surface area contributed by atoms with Crippen LogP contribution < -0.4 is 10.6 Å². The molecule has 1 aliphatic heterocycles. The number of anilines is 2. The number of hydrogen-bond donors (Lipinski definition) is 2. The molecule has 1 aliphatic rings. The number of nitrogens with one attached hydrogen (secondary N) is 2. The third-order valence-electron chi connectivity index (χ3n) is 5.00. The second-order valence-corrected chi connectivity index (χ2v) is 7.04. The minimum absolute atomic E-state index is 0.237. The Labute approximate surface area is 171 Å². The highest BCUT2D eigenvalue weighted by Gasteiger charge is 2.23. The molecule has 1 aromatic heterocycles. The first kappa shape index (κ1) is 20.6. The molecular formula is C22H28N4O3. The Morgan fingerprint density at radius 3 is 2.48 bits per heavy atom. The molecule has 0 saturated carbocycles. The van der Waals surface area contributed by atoms with Gasteiger partial charge in [-0.2, -0.15) is 0 Å². The summed E-state index contributed by atoms with van der Waals surface area (Å²) >= 11 is 0. The number of likely N-dealkylation sites (tertiary alicyclic amines) is 1. The summed E-state index contributed by atoms with van der Waals surface area (Å²) in [5, 5.41) is 6.33. The van der Waals surface area contributed by atoms with Gasteiger partial charge in [0.15, 0.2) is 0 Å². The molecular weight excluding hydrogens is 368 g/mol. The van der Waals surface area contributed by atoms with Crippen molar-refractivity contribution in [3.8, 4) is 0 Å². The average Bonchev–Trinajstić information content (AvgIpc) is 2.75. The zero-order valence-electron chi connectivity index (χ0n) is 17.0. The highest BCUT2D eigenvalue weighted by Crippen LogP contribution is 2.18. The van der Waals surface area contributed by atoms with Gasteiger partial charge < -0.3 is 20.3 Å². The number of carbonyl (C=O) groups excluding carboxylic acids is 2. The second kappa shape index (κ2) is 9.91. The largest absolute Gasteiger partial charge is 0.450 e. The predicted octanol–water partition coefficient (Wildman–Crippen LogP) is 3.93. The van der Waals surface area contributed by atoms with Crippen molar-refractivity contribution in [3.63, 3.8) is 0 Å². The molecule has 0 aliphatic carbocycles. The number of rotatable bonds is 6. The van der Waals surface area contributed by atoms with Crippen LogP contribution in [0.15, 0.2) is 42.6 Å². The van der Waals surface area contributed by atoms with Crippen LogP contribution in [0.2, 0.25) is 0 Å². The van der Waals surface area contributed by atoms with Crippen LogP contribution in [0.3, 0.4) is 0 Å². The molecule has 3 rings (SSSR count). The van der Waals surface area contributed by atoms with Gasteiger partial charge >= 0.3 is 6.09 Å². The van der Waals surface area contributed by atoms with Gasteiger partial charge in [-0.15, -0.1) is 0 Å². The number of ether oxygens (including phenoxy) is 1. The maximum Gasteiger partial charge on any atom is 0.409 e. The fraction of sp³-hybridized carbons (Fsp3) is 0.409. The van der Waals surface area contributed by atoms with Gasteiger partial charge in [-0.3, -0.25) is 9.78 Å². The molecule has 7 nitrogen and oxygen atoms in total. The normalized spacial score (nSPS) is 14.3. The Morgan fingerprint density at radius 2 is 1.83 bits per heavy atom. The third kappa shape index (κ3) is 5.70. The van der Waals surface area contributed by atoms with Gasteiger partial charge in [0.1, 0.15) is 5.69 Å². The van der Waals surface area contributed by atoms with E-state index >= 15 is 0 Å². The monoisotopic (exact) mass is 396 g/mol. The first-order valence-electron chi connectivity index (χ1n) is 10.1. The van der Waals surface area contributed by atoms with Crippen molar-refractivity contribution in [2.24, 2.45) is 0 Å². The lowest BCUT2D eigenvalue weighted by Gasteiger charge is -2.32. The summed E-state index contributed by atoms with van der Waals surface area (Å²) in [6.07, 6.45) is 3.99. The molecule has 1 aromatic carbocycles. The van der Waals surface area contributed by atoms with Crippen LogP contribution in [0.1, 0.15) is 42.7 Å². The molecule has 1 fully saturated rings. The number of benzene rings is 1. The Kier molecular flexibility index (Phi) is 7.05. The molecule has 2 N–H and O–H groups in total. The fourth-order valence-electron chi connectivity index (χ4n) is 3.32. The molecule has 0 unspecified atom stereocenters. The smallest absolute Gasteiger partial charge is 0.409 e. The van der Waals surface area contributed by atoms with Crippen LogP contribution in [0, 0.1) is 0 Å². The van der Waals surface area contributed by atoms with E-state index in [9.17, 15) is 9.59 Å². The first-order valence-corrected chi connectivity index (χ1v) is 10.1. The number of aromatic nitrogens is 1. The number of aryl methyl sites for hydroxylation is 1. The van der Waals surface area contributed by atoms with Crippen molar-refractivity contribution in [3.05, 3.63) is 53.9 Å². The van der Waals surface area contributed by atoms with E-state index < -0.39 is 0 Å². The minimum atomic E-state index is -0.249. The van der Waals surface area contributed by atoms with E-state index in [2.05, 4.69) is 22.5 Å². The topological polar surface area (TPSA) is 83.6 Å². The molecule has 0 spiro atoms. The lowest BCUT2D eigenvalue weighted by molar-refractivity contribution is 0.0981. The average molecular weight is 396 g/mol. The van der Waals surface area contributed by atoms with Crippen molar-refractivity contribution in [1.29, 1.82) is 0 Å². The molecule has 2 aromatic rings. The first-order chi connectivity index (χ1) is 14.1. The quantitative estimate of drug-likeness (QED) is 0.773. The number of nitrogens with zero attached hydrogens (tertiary/aromatic N) is 2. The highest BCUT2D eigenvalue weighted by molar-refractivity contribution is 6.03. The summed E-state index contributed by atoms with van der Waals surface area (Å²) in [7, 11) is 0. The van der Waals surface area contributed by atoms with Crippen molar-refractivity contribution in [1.82, 2.24) is 9.88 Å². The van der Waals surface area contributed by atoms with Crippen LogP contribution in [0.25, 0.3) is 0 Å². The van der Waals surface area contributed by atoms with Gasteiger partial charge in [-0.1, -0.05) is 19.1 Å². The zero-order valence-corrected chi connectivity index (χ0v) is 17.0. The molecule has 0 radical (unpaired) electrons. The van der Waals surface area contributed by atoms with Crippen LogP contribution in [-0.2, 0) is 11.2 Å². The standard InChI is InChI=1S/C22H28N4O3/c1-3-16-5-7-17(8-6-16)25-21(27)20-15-19(9-12-23-20)24-18-10-13-26(14-11-18)22(28)29-4-2/h5-9,12,15,18H,3-4,10-11,13-14H2,1-2H3,(H,23,24)(H,25,27). The summed E-state index contributed by atoms with van der Waals surface area (Å²) in [5.41, 5.74) is 3.18. The molecule has 2 amide bonds. The summed E-state index contributed by atoms with van der Waals surface area (Å²) in [6, 6.07) is 11.7. The second-order valence-electron chi connectivity index (χ2n) is 7.04.